The molecule has 1 fully saturated rings. The predicted molar refractivity (Wildman–Crippen MR) is 123 cm³/mol. The van der Waals surface area contributed by atoms with Gasteiger partial charge in [-0.2, -0.15) is 0 Å². The summed E-state index contributed by atoms with van der Waals surface area (Å²) in [5.74, 6) is 1.15. The fourth-order valence-corrected chi connectivity index (χ4v) is 4.33. The van der Waals surface area contributed by atoms with Crippen molar-refractivity contribution in [1.29, 1.82) is 0 Å². The molecule has 31 heavy (non-hydrogen) atoms. The van der Waals surface area contributed by atoms with E-state index in [1.807, 2.05) is 42.5 Å². The third-order valence-corrected chi connectivity index (χ3v) is 5.74. The molecule has 4 nitrogen and oxygen atoms in total. The van der Waals surface area contributed by atoms with Crippen molar-refractivity contribution in [1.82, 2.24) is 10.3 Å². The topological polar surface area (TPSA) is 41.3 Å². The average Bonchev–Trinajstić information content (AvgIpc) is 3.39. The van der Waals surface area contributed by atoms with Crippen LogP contribution in [0.2, 0.25) is 0 Å². The molecule has 0 amide bonds. The molecule has 2 atom stereocenters. The van der Waals surface area contributed by atoms with E-state index in [1.54, 1.807) is 18.3 Å². The van der Waals surface area contributed by atoms with Crippen LogP contribution in [0.3, 0.4) is 0 Å². The summed E-state index contributed by atoms with van der Waals surface area (Å²) in [4.78, 5) is 6.64. The van der Waals surface area contributed by atoms with E-state index in [4.69, 9.17) is 16.6 Å². The smallest absolute Gasteiger partial charge is 0.174 e. The molecule has 0 saturated carbocycles. The third-order valence-electron chi connectivity index (χ3n) is 5.42. The van der Waals surface area contributed by atoms with E-state index < -0.39 is 0 Å². The summed E-state index contributed by atoms with van der Waals surface area (Å²) in [6.45, 7) is 2.06. The molecule has 2 aromatic carbocycles. The Bertz CT molecular complexity index is 1220. The van der Waals surface area contributed by atoms with Crippen LogP contribution in [0.1, 0.15) is 29.1 Å². The van der Waals surface area contributed by atoms with Crippen molar-refractivity contribution in [2.45, 2.75) is 19.0 Å². The van der Waals surface area contributed by atoms with Crippen LogP contribution in [0.25, 0.3) is 11.3 Å². The van der Waals surface area contributed by atoms with E-state index >= 15 is 0 Å². The van der Waals surface area contributed by atoms with Gasteiger partial charge in [-0.05, 0) is 85.4 Å². The van der Waals surface area contributed by atoms with Gasteiger partial charge in [0.25, 0.3) is 0 Å². The number of aromatic nitrogens is 1. The number of furan rings is 1. The van der Waals surface area contributed by atoms with E-state index in [1.165, 1.54) is 12.1 Å². The Labute approximate surface area is 185 Å². The molecule has 2 aromatic heterocycles. The van der Waals surface area contributed by atoms with Gasteiger partial charge in [0, 0.05) is 17.4 Å². The number of halogens is 1. The Morgan fingerprint density at radius 1 is 1.00 bits per heavy atom. The normalized spacial score (nSPS) is 18.3. The third kappa shape index (κ3) is 3.70. The number of rotatable bonds is 4. The highest BCUT2D eigenvalue weighted by Gasteiger charge is 2.42. The van der Waals surface area contributed by atoms with Gasteiger partial charge >= 0.3 is 0 Å². The molecule has 0 spiro atoms. The highest BCUT2D eigenvalue weighted by Crippen LogP contribution is 2.43. The van der Waals surface area contributed by atoms with Gasteiger partial charge < -0.3 is 14.6 Å². The molecule has 0 radical (unpaired) electrons. The van der Waals surface area contributed by atoms with Crippen LogP contribution in [0, 0.1) is 12.7 Å². The van der Waals surface area contributed by atoms with Crippen LogP contribution < -0.4 is 10.2 Å². The van der Waals surface area contributed by atoms with Gasteiger partial charge in [-0.3, -0.25) is 4.98 Å². The molecule has 1 aliphatic rings. The molecule has 0 aliphatic carbocycles. The fraction of sp³-hybridized carbons (Fsp3) is 0.120. The lowest BCUT2D eigenvalue weighted by atomic mass is 10.0. The highest BCUT2D eigenvalue weighted by molar-refractivity contribution is 7.80. The quantitative estimate of drug-likeness (QED) is 0.405. The first-order valence-corrected chi connectivity index (χ1v) is 10.4. The molecule has 6 heteroatoms. The van der Waals surface area contributed by atoms with E-state index in [2.05, 4.69) is 34.3 Å². The number of hydrogen-bond donors (Lipinski definition) is 1. The van der Waals surface area contributed by atoms with Gasteiger partial charge in [0.15, 0.2) is 5.11 Å². The van der Waals surface area contributed by atoms with Crippen molar-refractivity contribution in [2.24, 2.45) is 0 Å². The number of thiocarbonyl (C=S) groups is 1. The van der Waals surface area contributed by atoms with Crippen LogP contribution in [0.15, 0.2) is 89.5 Å². The fourth-order valence-electron chi connectivity index (χ4n) is 3.98. The summed E-state index contributed by atoms with van der Waals surface area (Å²) < 4.78 is 19.6. The number of benzene rings is 2. The second-order valence-corrected chi connectivity index (χ2v) is 7.93. The van der Waals surface area contributed by atoms with Crippen LogP contribution in [-0.2, 0) is 0 Å². The molecule has 0 unspecified atom stereocenters. The monoisotopic (exact) mass is 429 g/mol. The van der Waals surface area contributed by atoms with Crippen LogP contribution in [0.4, 0.5) is 10.1 Å². The van der Waals surface area contributed by atoms with Crippen molar-refractivity contribution < 1.29 is 8.81 Å². The Morgan fingerprint density at radius 2 is 1.84 bits per heavy atom. The number of hydrogen-bond acceptors (Lipinski definition) is 3. The average molecular weight is 430 g/mol. The second-order valence-electron chi connectivity index (χ2n) is 7.54. The van der Waals surface area contributed by atoms with Crippen LogP contribution in [-0.4, -0.2) is 10.1 Å². The lowest BCUT2D eigenvalue weighted by Crippen LogP contribution is -2.29. The zero-order valence-corrected chi connectivity index (χ0v) is 17.6. The first kappa shape index (κ1) is 19.5. The highest BCUT2D eigenvalue weighted by atomic mass is 32.1. The lowest BCUT2D eigenvalue weighted by molar-refractivity contribution is 0.439. The van der Waals surface area contributed by atoms with Crippen molar-refractivity contribution in [3.05, 3.63) is 108 Å². The van der Waals surface area contributed by atoms with Crippen molar-refractivity contribution >= 4 is 23.0 Å². The Hall–Kier alpha value is -3.51. The zero-order valence-electron chi connectivity index (χ0n) is 16.8. The van der Waals surface area contributed by atoms with Gasteiger partial charge in [-0.1, -0.05) is 18.2 Å². The van der Waals surface area contributed by atoms with Gasteiger partial charge in [0.05, 0.1) is 11.7 Å². The molecule has 1 N–H and O–H groups in total. The van der Waals surface area contributed by atoms with E-state index in [0.717, 1.165) is 28.3 Å². The molecule has 0 bridgehead atoms. The SMILES string of the molecule is Cc1cccc(N2C(=S)N[C@H](c3ccccn3)[C@H]2c2ccc(-c3ccc(F)cc3)o2)c1. The van der Waals surface area contributed by atoms with E-state index in [0.29, 0.717) is 10.9 Å². The maximum Gasteiger partial charge on any atom is 0.174 e. The predicted octanol–water partition coefficient (Wildman–Crippen LogP) is 5.97. The molecule has 1 saturated heterocycles. The maximum absolute atomic E-state index is 13.3. The Balaban J connectivity index is 1.60. The standard InChI is InChI=1S/C25H20FN3OS/c1-16-5-4-6-19(15-16)29-24(23(28-25(29)31)20-7-2-3-14-27-20)22-13-12-21(30-22)17-8-10-18(26)11-9-17/h2-15,23-24H,1H3,(H,28,31)/t23-,24-/m1/s1. The molecular formula is C25H20FN3OS. The zero-order chi connectivity index (χ0) is 21.4. The van der Waals surface area contributed by atoms with Gasteiger partial charge in [0.2, 0.25) is 0 Å². The van der Waals surface area contributed by atoms with Crippen LogP contribution >= 0.6 is 12.2 Å². The lowest BCUT2D eigenvalue weighted by Gasteiger charge is -2.26. The summed E-state index contributed by atoms with van der Waals surface area (Å²) >= 11 is 5.74. The molecule has 5 rings (SSSR count). The number of anilines is 1. The van der Waals surface area contributed by atoms with Crippen molar-refractivity contribution in [3.8, 4) is 11.3 Å². The van der Waals surface area contributed by atoms with E-state index in [9.17, 15) is 4.39 Å². The second kappa shape index (κ2) is 7.96. The van der Waals surface area contributed by atoms with Crippen molar-refractivity contribution in [3.63, 3.8) is 0 Å². The molecular weight excluding hydrogens is 409 g/mol. The minimum absolute atomic E-state index is 0.179. The number of aryl methyl sites for hydroxylation is 1. The summed E-state index contributed by atoms with van der Waals surface area (Å²) in [7, 11) is 0. The summed E-state index contributed by atoms with van der Waals surface area (Å²) in [6.07, 6.45) is 1.78. The van der Waals surface area contributed by atoms with Gasteiger partial charge in [0.1, 0.15) is 23.4 Å². The molecule has 3 heterocycles. The summed E-state index contributed by atoms with van der Waals surface area (Å²) in [5.41, 5.74) is 3.83. The minimum atomic E-state index is -0.276. The first-order chi connectivity index (χ1) is 15.1. The summed E-state index contributed by atoms with van der Waals surface area (Å²) in [5, 5.41) is 4.05. The van der Waals surface area contributed by atoms with Crippen LogP contribution in [0.5, 0.6) is 0 Å². The van der Waals surface area contributed by atoms with Gasteiger partial charge in [-0.25, -0.2) is 4.39 Å². The number of nitrogens with zero attached hydrogens (tertiary/aromatic N) is 2. The van der Waals surface area contributed by atoms with Gasteiger partial charge in [-0.15, -0.1) is 0 Å². The number of nitrogens with one attached hydrogen (secondary N) is 1. The summed E-state index contributed by atoms with van der Waals surface area (Å²) in [6, 6.07) is 23.8. The molecule has 4 aromatic rings. The van der Waals surface area contributed by atoms with Crippen molar-refractivity contribution in [2.75, 3.05) is 4.90 Å². The minimum Gasteiger partial charge on any atom is -0.459 e. The Kier molecular flexibility index (Phi) is 5.00. The van der Waals surface area contributed by atoms with E-state index in [-0.39, 0.29) is 17.9 Å². The maximum atomic E-state index is 13.3. The molecule has 1 aliphatic heterocycles. The first-order valence-electron chi connectivity index (χ1n) is 10.0. The Morgan fingerprint density at radius 3 is 2.58 bits per heavy atom. The molecule has 154 valence electrons. The number of pyridine rings is 1. The largest absolute Gasteiger partial charge is 0.459 e.